The van der Waals surface area contributed by atoms with Crippen LogP contribution in [0.4, 0.5) is 5.69 Å². The number of hydrogen-bond acceptors (Lipinski definition) is 4. The molecule has 0 aromatic heterocycles. The summed E-state index contributed by atoms with van der Waals surface area (Å²) in [4.78, 5) is 0. The molecule has 0 aliphatic heterocycles. The lowest BCUT2D eigenvalue weighted by atomic mass is 10.2. The zero-order valence-corrected chi connectivity index (χ0v) is 11.5. The fourth-order valence-corrected chi connectivity index (χ4v) is 1.81. The third kappa shape index (κ3) is 4.48. The van der Waals surface area contributed by atoms with Crippen LogP contribution in [0.2, 0.25) is 0 Å². The lowest BCUT2D eigenvalue weighted by Gasteiger charge is -2.10. The maximum absolute atomic E-state index is 9.42. The van der Waals surface area contributed by atoms with E-state index in [2.05, 4.69) is 5.32 Å². The predicted molar refractivity (Wildman–Crippen MR) is 79.2 cm³/mol. The van der Waals surface area contributed by atoms with Gasteiger partial charge in [0.25, 0.3) is 0 Å². The highest BCUT2D eigenvalue weighted by molar-refractivity contribution is 5.48. The number of phenolic OH excluding ortho intramolecular Hbond substituents is 1. The lowest BCUT2D eigenvalue weighted by molar-refractivity contribution is 0.146. The molecule has 0 radical (unpaired) electrons. The van der Waals surface area contributed by atoms with Crippen LogP contribution in [0.25, 0.3) is 0 Å². The van der Waals surface area contributed by atoms with Gasteiger partial charge >= 0.3 is 0 Å². The topological polar surface area (TPSA) is 50.7 Å². The highest BCUT2D eigenvalue weighted by Gasteiger charge is 1.98. The van der Waals surface area contributed by atoms with Gasteiger partial charge in [0.05, 0.1) is 6.61 Å². The number of hydrogen-bond donors (Lipinski definition) is 2. The molecule has 2 aromatic carbocycles. The molecule has 4 heteroatoms. The Bertz CT molecular complexity index is 543. The second-order valence-corrected chi connectivity index (χ2v) is 4.39. The molecule has 2 N–H and O–H groups in total. The Morgan fingerprint density at radius 3 is 2.70 bits per heavy atom. The summed E-state index contributed by atoms with van der Waals surface area (Å²) < 4.78 is 10.5. The van der Waals surface area contributed by atoms with Crippen LogP contribution < -0.4 is 10.1 Å². The summed E-state index contributed by atoms with van der Waals surface area (Å²) in [6, 6.07) is 15.0. The standard InChI is InChI=1S/C16H19NO3/c1-19-8-9-20-16-7-3-5-14(11-16)17-12-13-4-2-6-15(18)10-13/h2-7,10-11,17-18H,8-9,12H2,1H3. The molecule has 0 bridgehead atoms. The van der Waals surface area contributed by atoms with Gasteiger partial charge in [0.15, 0.2) is 0 Å². The molecule has 4 nitrogen and oxygen atoms in total. The molecule has 0 heterocycles. The summed E-state index contributed by atoms with van der Waals surface area (Å²) in [5, 5.41) is 12.7. The minimum Gasteiger partial charge on any atom is -0.508 e. The largest absolute Gasteiger partial charge is 0.508 e. The second kappa shape index (κ2) is 7.40. The van der Waals surface area contributed by atoms with Crippen molar-refractivity contribution >= 4 is 5.69 Å². The van der Waals surface area contributed by atoms with Gasteiger partial charge in [-0.1, -0.05) is 18.2 Å². The maximum atomic E-state index is 9.42. The van der Waals surface area contributed by atoms with Crippen LogP contribution in [0.3, 0.4) is 0 Å². The molecule has 0 atom stereocenters. The van der Waals surface area contributed by atoms with Crippen molar-refractivity contribution < 1.29 is 14.6 Å². The fourth-order valence-electron chi connectivity index (χ4n) is 1.81. The molecular formula is C16H19NO3. The van der Waals surface area contributed by atoms with Crippen LogP contribution in [0.5, 0.6) is 11.5 Å². The number of aromatic hydroxyl groups is 1. The first kappa shape index (κ1) is 14.2. The highest BCUT2D eigenvalue weighted by atomic mass is 16.5. The molecule has 2 rings (SSSR count). The number of anilines is 1. The van der Waals surface area contributed by atoms with Gasteiger partial charge in [-0.05, 0) is 29.8 Å². The molecule has 0 unspecified atom stereocenters. The molecule has 0 saturated carbocycles. The first-order chi connectivity index (χ1) is 9.78. The van der Waals surface area contributed by atoms with Gasteiger partial charge in [0, 0.05) is 25.4 Å². The molecule has 0 amide bonds. The predicted octanol–water partition coefficient (Wildman–Crippen LogP) is 3.03. The number of rotatable bonds is 7. The average molecular weight is 273 g/mol. The summed E-state index contributed by atoms with van der Waals surface area (Å²) in [6.07, 6.45) is 0. The summed E-state index contributed by atoms with van der Waals surface area (Å²) in [6.45, 7) is 1.75. The molecule has 106 valence electrons. The molecule has 0 aliphatic carbocycles. The summed E-state index contributed by atoms with van der Waals surface area (Å²) in [5.41, 5.74) is 2.00. The average Bonchev–Trinajstić information content (AvgIpc) is 2.46. The summed E-state index contributed by atoms with van der Waals surface area (Å²) in [7, 11) is 1.65. The second-order valence-electron chi connectivity index (χ2n) is 4.39. The first-order valence-electron chi connectivity index (χ1n) is 6.51. The van der Waals surface area contributed by atoms with Crippen LogP contribution in [0, 0.1) is 0 Å². The van der Waals surface area contributed by atoms with Gasteiger partial charge in [0.2, 0.25) is 0 Å². The van der Waals surface area contributed by atoms with Gasteiger partial charge in [-0.3, -0.25) is 0 Å². The molecule has 0 aliphatic rings. The van der Waals surface area contributed by atoms with E-state index in [9.17, 15) is 5.11 Å². The van der Waals surface area contributed by atoms with E-state index in [1.165, 1.54) is 0 Å². The van der Waals surface area contributed by atoms with Gasteiger partial charge in [-0.2, -0.15) is 0 Å². The van der Waals surface area contributed by atoms with E-state index < -0.39 is 0 Å². The number of phenols is 1. The minimum absolute atomic E-state index is 0.279. The Hall–Kier alpha value is -2.20. The van der Waals surface area contributed by atoms with E-state index in [1.54, 1.807) is 19.2 Å². The van der Waals surface area contributed by atoms with Crippen molar-refractivity contribution in [3.8, 4) is 11.5 Å². The van der Waals surface area contributed by atoms with Crippen LogP contribution in [-0.2, 0) is 11.3 Å². The van der Waals surface area contributed by atoms with Gasteiger partial charge < -0.3 is 19.9 Å². The smallest absolute Gasteiger partial charge is 0.121 e. The zero-order valence-electron chi connectivity index (χ0n) is 11.5. The van der Waals surface area contributed by atoms with Gasteiger partial charge in [-0.15, -0.1) is 0 Å². The Morgan fingerprint density at radius 1 is 1.05 bits per heavy atom. The monoisotopic (exact) mass is 273 g/mol. The molecular weight excluding hydrogens is 254 g/mol. The highest BCUT2D eigenvalue weighted by Crippen LogP contribution is 2.19. The number of nitrogens with one attached hydrogen (secondary N) is 1. The number of ether oxygens (including phenoxy) is 2. The van der Waals surface area contributed by atoms with Crippen LogP contribution >= 0.6 is 0 Å². The Morgan fingerprint density at radius 2 is 1.90 bits per heavy atom. The van der Waals surface area contributed by atoms with Crippen LogP contribution in [0.1, 0.15) is 5.56 Å². The van der Waals surface area contributed by atoms with E-state index in [4.69, 9.17) is 9.47 Å². The number of benzene rings is 2. The zero-order chi connectivity index (χ0) is 14.2. The van der Waals surface area contributed by atoms with Crippen LogP contribution in [-0.4, -0.2) is 25.4 Å². The van der Waals surface area contributed by atoms with Crippen molar-refractivity contribution in [3.63, 3.8) is 0 Å². The lowest BCUT2D eigenvalue weighted by Crippen LogP contribution is -2.05. The van der Waals surface area contributed by atoms with E-state index in [1.807, 2.05) is 36.4 Å². The molecule has 0 spiro atoms. The van der Waals surface area contributed by atoms with Crippen molar-refractivity contribution in [1.82, 2.24) is 0 Å². The summed E-state index contributed by atoms with van der Waals surface area (Å²) >= 11 is 0. The minimum atomic E-state index is 0.279. The first-order valence-corrected chi connectivity index (χ1v) is 6.51. The van der Waals surface area contributed by atoms with Crippen molar-refractivity contribution in [2.75, 3.05) is 25.6 Å². The molecule has 2 aromatic rings. The van der Waals surface area contributed by atoms with Crippen molar-refractivity contribution in [1.29, 1.82) is 0 Å². The molecule has 0 fully saturated rings. The Kier molecular flexibility index (Phi) is 5.26. The normalized spacial score (nSPS) is 10.2. The van der Waals surface area contributed by atoms with E-state index >= 15 is 0 Å². The SMILES string of the molecule is COCCOc1cccc(NCc2cccc(O)c2)c1. The van der Waals surface area contributed by atoms with Gasteiger partial charge in [-0.25, -0.2) is 0 Å². The van der Waals surface area contributed by atoms with E-state index in [-0.39, 0.29) is 5.75 Å². The number of methoxy groups -OCH3 is 1. The van der Waals surface area contributed by atoms with Crippen LogP contribution in [0.15, 0.2) is 48.5 Å². The van der Waals surface area contributed by atoms with Crippen molar-refractivity contribution in [2.24, 2.45) is 0 Å². The fraction of sp³-hybridized carbons (Fsp3) is 0.250. The van der Waals surface area contributed by atoms with Crippen molar-refractivity contribution in [2.45, 2.75) is 6.54 Å². The molecule has 20 heavy (non-hydrogen) atoms. The van der Waals surface area contributed by atoms with E-state index in [0.29, 0.717) is 19.8 Å². The quantitative estimate of drug-likeness (QED) is 0.761. The van der Waals surface area contributed by atoms with E-state index in [0.717, 1.165) is 17.0 Å². The summed E-state index contributed by atoms with van der Waals surface area (Å²) in [5.74, 6) is 1.09. The van der Waals surface area contributed by atoms with Gasteiger partial charge in [0.1, 0.15) is 18.1 Å². The molecule has 0 saturated heterocycles. The Labute approximate surface area is 119 Å². The Balaban J connectivity index is 1.91. The maximum Gasteiger partial charge on any atom is 0.121 e. The third-order valence-electron chi connectivity index (χ3n) is 2.80. The third-order valence-corrected chi connectivity index (χ3v) is 2.80. The van der Waals surface area contributed by atoms with Crippen molar-refractivity contribution in [3.05, 3.63) is 54.1 Å².